The van der Waals surface area contributed by atoms with Gasteiger partial charge in [-0.3, -0.25) is 4.79 Å². The minimum atomic E-state index is -1.29. The Hall–Kier alpha value is -1.27. The molecule has 0 atom stereocenters. The van der Waals surface area contributed by atoms with Crippen molar-refractivity contribution in [3.8, 4) is 5.75 Å². The molecule has 0 saturated carbocycles. The lowest BCUT2D eigenvalue weighted by Crippen LogP contribution is -2.54. The minimum absolute atomic E-state index is 0.245. The molecule has 0 aliphatic carbocycles. The molecule has 0 unspecified atom stereocenters. The molecule has 1 N–H and O–H groups in total. The van der Waals surface area contributed by atoms with Crippen LogP contribution < -0.4 is 4.74 Å². The Labute approximate surface area is 137 Å². The number of ether oxygens (including phenoxy) is 1. The smallest absolute Gasteiger partial charge is 0.329 e. The summed E-state index contributed by atoms with van der Waals surface area (Å²) in [6.07, 6.45) is 0. The second kappa shape index (κ2) is 7.13. The summed E-state index contributed by atoms with van der Waals surface area (Å²) in [4.78, 5) is 24.7. The molecule has 5 nitrogen and oxygen atoms in total. The fraction of sp³-hybridized carbons (Fsp3) is 0.429. The zero-order chi connectivity index (χ0) is 16.2. The molecule has 0 fully saturated rings. The molecule has 1 aromatic carbocycles. The largest absolute Gasteiger partial charge is 0.483 e. The number of hydrogen-bond donors (Lipinski definition) is 1. The Bertz CT molecular complexity index is 548. The van der Waals surface area contributed by atoms with Crippen LogP contribution in [0.15, 0.2) is 22.7 Å². The van der Waals surface area contributed by atoms with Gasteiger partial charge in [0.05, 0.1) is 4.47 Å². The molecule has 0 aromatic heterocycles. The molecule has 0 bridgehead atoms. The van der Waals surface area contributed by atoms with Gasteiger partial charge in [-0.25, -0.2) is 4.79 Å². The van der Waals surface area contributed by atoms with Crippen LogP contribution in [0, 0.1) is 0 Å². The van der Waals surface area contributed by atoms with E-state index >= 15 is 0 Å². The number of halogens is 2. The molecule has 116 valence electrons. The lowest BCUT2D eigenvalue weighted by atomic mass is 10.0. The van der Waals surface area contributed by atoms with E-state index in [0.29, 0.717) is 15.2 Å². The molecule has 1 aromatic rings. The average molecular weight is 379 g/mol. The van der Waals surface area contributed by atoms with Gasteiger partial charge in [-0.05, 0) is 54.9 Å². The molecule has 1 amide bonds. The average Bonchev–Trinajstić information content (AvgIpc) is 2.38. The van der Waals surface area contributed by atoms with Gasteiger partial charge in [0.2, 0.25) is 0 Å². The maximum atomic E-state index is 12.2. The van der Waals surface area contributed by atoms with Gasteiger partial charge in [-0.2, -0.15) is 0 Å². The van der Waals surface area contributed by atoms with Crippen molar-refractivity contribution < 1.29 is 19.4 Å². The van der Waals surface area contributed by atoms with Crippen molar-refractivity contribution in [1.82, 2.24) is 4.90 Å². The van der Waals surface area contributed by atoms with E-state index in [4.69, 9.17) is 16.3 Å². The maximum absolute atomic E-state index is 12.2. The van der Waals surface area contributed by atoms with Crippen molar-refractivity contribution in [1.29, 1.82) is 0 Å². The van der Waals surface area contributed by atoms with Crippen LogP contribution in [0.4, 0.5) is 0 Å². The van der Waals surface area contributed by atoms with Crippen LogP contribution in [0.1, 0.15) is 20.8 Å². The number of amides is 1. The quantitative estimate of drug-likeness (QED) is 0.825. The molecule has 0 saturated heterocycles. The van der Waals surface area contributed by atoms with Gasteiger partial charge in [0.15, 0.2) is 6.61 Å². The van der Waals surface area contributed by atoms with Gasteiger partial charge >= 0.3 is 5.97 Å². The van der Waals surface area contributed by atoms with Crippen molar-refractivity contribution in [2.75, 3.05) is 13.2 Å². The second-order valence-electron chi connectivity index (χ2n) is 4.87. The van der Waals surface area contributed by atoms with Crippen molar-refractivity contribution in [2.45, 2.75) is 26.3 Å². The standard InChI is InChI=1S/C14H17BrClNO4/c1-4-17(14(2,3)13(19)20)12(18)8-21-11-6-5-9(16)7-10(11)15/h5-7H,4,8H2,1-3H3,(H,19,20). The zero-order valence-electron chi connectivity index (χ0n) is 12.0. The number of rotatable bonds is 6. The number of carbonyl (C=O) groups excluding carboxylic acids is 1. The lowest BCUT2D eigenvalue weighted by Gasteiger charge is -2.34. The summed E-state index contributed by atoms with van der Waals surface area (Å²) in [5.41, 5.74) is -1.29. The van der Waals surface area contributed by atoms with Crippen LogP contribution in [-0.4, -0.2) is 40.6 Å². The van der Waals surface area contributed by atoms with Crippen molar-refractivity contribution in [3.63, 3.8) is 0 Å². The first-order valence-corrected chi connectivity index (χ1v) is 7.49. The van der Waals surface area contributed by atoms with Gasteiger partial charge in [0.25, 0.3) is 5.91 Å². The summed E-state index contributed by atoms with van der Waals surface area (Å²) in [7, 11) is 0. The highest BCUT2D eigenvalue weighted by atomic mass is 79.9. The van der Waals surface area contributed by atoms with Gasteiger partial charge in [-0.1, -0.05) is 11.6 Å². The second-order valence-corrected chi connectivity index (χ2v) is 6.16. The highest BCUT2D eigenvalue weighted by Crippen LogP contribution is 2.28. The number of benzene rings is 1. The van der Waals surface area contributed by atoms with E-state index in [-0.39, 0.29) is 13.2 Å². The summed E-state index contributed by atoms with van der Waals surface area (Å²) < 4.78 is 6.05. The Balaban J connectivity index is 2.78. The number of carboxylic acids is 1. The molecule has 0 spiro atoms. The SMILES string of the molecule is CCN(C(=O)COc1ccc(Cl)cc1Br)C(C)(C)C(=O)O. The molecule has 0 heterocycles. The number of carboxylic acid groups (broad SMARTS) is 1. The first kappa shape index (κ1) is 17.8. The number of carbonyl (C=O) groups is 2. The van der Waals surface area contributed by atoms with E-state index < -0.39 is 17.4 Å². The summed E-state index contributed by atoms with van der Waals surface area (Å²) in [6.45, 7) is 4.72. The molecule has 0 aliphatic heterocycles. The number of likely N-dealkylation sites (N-methyl/N-ethyl adjacent to an activating group) is 1. The maximum Gasteiger partial charge on any atom is 0.329 e. The van der Waals surface area contributed by atoms with E-state index in [1.165, 1.54) is 18.7 Å². The zero-order valence-corrected chi connectivity index (χ0v) is 14.4. The van der Waals surface area contributed by atoms with E-state index in [0.717, 1.165) is 0 Å². The Morgan fingerprint density at radius 3 is 2.52 bits per heavy atom. The van der Waals surface area contributed by atoms with E-state index in [1.807, 2.05) is 0 Å². The fourth-order valence-electron chi connectivity index (χ4n) is 1.81. The third-order valence-electron chi connectivity index (χ3n) is 3.06. The third kappa shape index (κ3) is 4.35. The van der Waals surface area contributed by atoms with Crippen molar-refractivity contribution >= 4 is 39.4 Å². The number of hydrogen-bond acceptors (Lipinski definition) is 3. The van der Waals surface area contributed by atoms with Crippen LogP contribution in [0.25, 0.3) is 0 Å². The first-order valence-electron chi connectivity index (χ1n) is 6.31. The molecular weight excluding hydrogens is 362 g/mol. The Kier molecular flexibility index (Phi) is 6.04. The molecular formula is C14H17BrClNO4. The predicted octanol–water partition coefficient (Wildman–Crippen LogP) is 3.19. The molecule has 1 rings (SSSR count). The van der Waals surface area contributed by atoms with Gasteiger partial charge in [0.1, 0.15) is 11.3 Å². The number of aliphatic carboxylic acids is 1. The Morgan fingerprint density at radius 2 is 2.05 bits per heavy atom. The summed E-state index contributed by atoms with van der Waals surface area (Å²) in [5, 5.41) is 9.74. The highest BCUT2D eigenvalue weighted by molar-refractivity contribution is 9.10. The van der Waals surface area contributed by atoms with Gasteiger partial charge in [0, 0.05) is 11.6 Å². The summed E-state index contributed by atoms with van der Waals surface area (Å²) in [5.74, 6) is -0.992. The van der Waals surface area contributed by atoms with Gasteiger partial charge in [-0.15, -0.1) is 0 Å². The van der Waals surface area contributed by atoms with Crippen molar-refractivity contribution in [3.05, 3.63) is 27.7 Å². The lowest BCUT2D eigenvalue weighted by molar-refractivity contribution is -0.157. The third-order valence-corrected chi connectivity index (χ3v) is 3.92. The molecule has 0 radical (unpaired) electrons. The minimum Gasteiger partial charge on any atom is -0.483 e. The van der Waals surface area contributed by atoms with E-state index in [9.17, 15) is 14.7 Å². The highest BCUT2D eigenvalue weighted by Gasteiger charge is 2.36. The van der Waals surface area contributed by atoms with Crippen LogP contribution in [0.2, 0.25) is 5.02 Å². The normalized spacial score (nSPS) is 11.1. The van der Waals surface area contributed by atoms with E-state index in [1.54, 1.807) is 25.1 Å². The van der Waals surface area contributed by atoms with E-state index in [2.05, 4.69) is 15.9 Å². The van der Waals surface area contributed by atoms with Gasteiger partial charge < -0.3 is 14.7 Å². The summed E-state index contributed by atoms with van der Waals surface area (Å²) in [6, 6.07) is 4.93. The van der Waals surface area contributed by atoms with Crippen LogP contribution in [0.5, 0.6) is 5.75 Å². The summed E-state index contributed by atoms with van der Waals surface area (Å²) >= 11 is 9.11. The fourth-order valence-corrected chi connectivity index (χ4v) is 2.61. The molecule has 21 heavy (non-hydrogen) atoms. The first-order chi connectivity index (χ1) is 9.70. The predicted molar refractivity (Wildman–Crippen MR) is 83.7 cm³/mol. The number of nitrogens with zero attached hydrogens (tertiary/aromatic N) is 1. The van der Waals surface area contributed by atoms with Crippen LogP contribution >= 0.6 is 27.5 Å². The van der Waals surface area contributed by atoms with Crippen LogP contribution in [0.3, 0.4) is 0 Å². The molecule has 7 heteroatoms. The molecule has 0 aliphatic rings. The Morgan fingerprint density at radius 1 is 1.43 bits per heavy atom. The topological polar surface area (TPSA) is 66.8 Å². The monoisotopic (exact) mass is 377 g/mol. The van der Waals surface area contributed by atoms with Crippen molar-refractivity contribution in [2.24, 2.45) is 0 Å². The van der Waals surface area contributed by atoms with Crippen LogP contribution in [-0.2, 0) is 9.59 Å².